The number of rotatable bonds is 8. The SMILES string of the molecule is CN(Cc1ccccc1)C(=O)CSc1nc2cc(C(=O)N3CCC(C(N)=O)CC3)ccc2c(=O)n1-c1ccccc1. The van der Waals surface area contributed by atoms with Crippen molar-refractivity contribution in [2.45, 2.75) is 24.5 Å². The molecule has 41 heavy (non-hydrogen) atoms. The molecule has 3 amide bonds. The summed E-state index contributed by atoms with van der Waals surface area (Å²) in [6.07, 6.45) is 1.06. The average molecular weight is 570 g/mol. The monoisotopic (exact) mass is 569 g/mol. The van der Waals surface area contributed by atoms with Crippen molar-refractivity contribution in [3.05, 3.63) is 100 Å². The lowest BCUT2D eigenvalue weighted by atomic mass is 9.96. The zero-order chi connectivity index (χ0) is 28.9. The van der Waals surface area contributed by atoms with Gasteiger partial charge in [0.1, 0.15) is 0 Å². The van der Waals surface area contributed by atoms with Crippen molar-refractivity contribution < 1.29 is 14.4 Å². The number of aromatic nitrogens is 2. The van der Waals surface area contributed by atoms with E-state index in [1.165, 1.54) is 16.3 Å². The molecule has 2 heterocycles. The Balaban J connectivity index is 1.43. The van der Waals surface area contributed by atoms with Crippen molar-refractivity contribution in [2.24, 2.45) is 11.7 Å². The molecule has 0 atom stereocenters. The number of carbonyl (C=O) groups excluding carboxylic acids is 3. The molecular formula is C31H31N5O4S. The minimum atomic E-state index is -0.337. The van der Waals surface area contributed by atoms with Crippen molar-refractivity contribution in [3.8, 4) is 5.69 Å². The van der Waals surface area contributed by atoms with Crippen LogP contribution in [-0.2, 0) is 16.1 Å². The molecule has 0 unspecified atom stereocenters. The predicted molar refractivity (Wildman–Crippen MR) is 159 cm³/mol. The summed E-state index contributed by atoms with van der Waals surface area (Å²) in [4.78, 5) is 59.6. The Kier molecular flexibility index (Phi) is 8.49. The molecule has 0 aliphatic carbocycles. The van der Waals surface area contributed by atoms with E-state index in [4.69, 9.17) is 10.7 Å². The number of para-hydroxylation sites is 1. The third-order valence-corrected chi connectivity index (χ3v) is 8.22. The maximum Gasteiger partial charge on any atom is 0.266 e. The van der Waals surface area contributed by atoms with Crippen molar-refractivity contribution >= 4 is 40.4 Å². The Labute approximate surface area is 242 Å². The summed E-state index contributed by atoms with van der Waals surface area (Å²) in [6.45, 7) is 1.35. The molecule has 0 spiro atoms. The van der Waals surface area contributed by atoms with Crippen LogP contribution in [0.1, 0.15) is 28.8 Å². The van der Waals surface area contributed by atoms with Crippen molar-refractivity contribution in [3.63, 3.8) is 0 Å². The second kappa shape index (κ2) is 12.4. The van der Waals surface area contributed by atoms with Gasteiger partial charge in [0, 0.05) is 38.2 Å². The molecule has 1 aliphatic heterocycles. The Morgan fingerprint density at radius 3 is 2.29 bits per heavy atom. The van der Waals surface area contributed by atoms with Crippen LogP contribution in [0.2, 0.25) is 0 Å². The van der Waals surface area contributed by atoms with Gasteiger partial charge < -0.3 is 15.5 Å². The zero-order valence-corrected chi connectivity index (χ0v) is 23.5. The zero-order valence-electron chi connectivity index (χ0n) is 22.7. The van der Waals surface area contributed by atoms with Crippen molar-refractivity contribution in [2.75, 3.05) is 25.9 Å². The van der Waals surface area contributed by atoms with Crippen LogP contribution in [-0.4, -0.2) is 63.0 Å². The highest BCUT2D eigenvalue weighted by Crippen LogP contribution is 2.24. The van der Waals surface area contributed by atoms with Gasteiger partial charge in [0.05, 0.1) is 22.3 Å². The van der Waals surface area contributed by atoms with Crippen LogP contribution in [0.3, 0.4) is 0 Å². The fourth-order valence-corrected chi connectivity index (χ4v) is 5.88. The molecule has 0 saturated carbocycles. The molecule has 1 fully saturated rings. The van der Waals surface area contributed by atoms with Gasteiger partial charge in [-0.15, -0.1) is 0 Å². The summed E-state index contributed by atoms with van der Waals surface area (Å²) in [7, 11) is 1.75. The third kappa shape index (κ3) is 6.33. The molecule has 0 bridgehead atoms. The number of primary amides is 1. The van der Waals surface area contributed by atoms with Crippen LogP contribution in [0.5, 0.6) is 0 Å². The van der Waals surface area contributed by atoms with Gasteiger partial charge >= 0.3 is 0 Å². The molecule has 5 rings (SSSR count). The van der Waals surface area contributed by atoms with Gasteiger partial charge in [-0.2, -0.15) is 0 Å². The number of benzene rings is 3. The van der Waals surface area contributed by atoms with Crippen LogP contribution in [0, 0.1) is 5.92 Å². The molecule has 10 heteroatoms. The summed E-state index contributed by atoms with van der Waals surface area (Å²) in [5.74, 6) is -0.757. The number of likely N-dealkylation sites (tertiary alicyclic amines) is 1. The van der Waals surface area contributed by atoms with E-state index in [2.05, 4.69) is 0 Å². The molecule has 1 aromatic heterocycles. The lowest BCUT2D eigenvalue weighted by Crippen LogP contribution is -2.41. The molecular weight excluding hydrogens is 538 g/mol. The van der Waals surface area contributed by atoms with Crippen LogP contribution < -0.4 is 11.3 Å². The van der Waals surface area contributed by atoms with E-state index < -0.39 is 0 Å². The van der Waals surface area contributed by atoms with Gasteiger partial charge in [-0.25, -0.2) is 4.98 Å². The van der Waals surface area contributed by atoms with Crippen molar-refractivity contribution in [1.29, 1.82) is 0 Å². The lowest BCUT2D eigenvalue weighted by Gasteiger charge is -2.30. The number of fused-ring (bicyclic) bond motifs is 1. The first-order valence-electron chi connectivity index (χ1n) is 13.4. The molecule has 1 aliphatic rings. The standard InChI is InChI=1S/C31H31N5O4S/c1-34(19-21-8-4-2-5-9-21)27(37)20-41-31-33-26-18-23(29(39)35-16-14-22(15-17-35)28(32)38)12-13-25(26)30(40)36(31)24-10-6-3-7-11-24/h2-13,18,22H,14-17,19-20H2,1H3,(H2,32,38). The number of piperidine rings is 1. The first kappa shape index (κ1) is 28.1. The second-order valence-corrected chi connectivity index (χ2v) is 11.0. The van der Waals surface area contributed by atoms with Crippen molar-refractivity contribution in [1.82, 2.24) is 19.4 Å². The summed E-state index contributed by atoms with van der Waals surface area (Å²) < 4.78 is 1.51. The summed E-state index contributed by atoms with van der Waals surface area (Å²) in [5.41, 5.74) is 7.60. The van der Waals surface area contributed by atoms with Gasteiger partial charge in [-0.3, -0.25) is 23.7 Å². The van der Waals surface area contributed by atoms with E-state index in [1.807, 2.05) is 60.7 Å². The molecule has 210 valence electrons. The topological polar surface area (TPSA) is 119 Å². The minimum Gasteiger partial charge on any atom is -0.369 e. The quantitative estimate of drug-likeness (QED) is 0.256. The van der Waals surface area contributed by atoms with Gasteiger partial charge in [0.2, 0.25) is 11.8 Å². The number of thioether (sulfide) groups is 1. The molecule has 2 N–H and O–H groups in total. The lowest BCUT2D eigenvalue weighted by molar-refractivity contribution is -0.127. The predicted octanol–water partition coefficient (Wildman–Crippen LogP) is 3.47. The summed E-state index contributed by atoms with van der Waals surface area (Å²) >= 11 is 1.18. The molecule has 9 nitrogen and oxygen atoms in total. The Hall–Kier alpha value is -4.44. The van der Waals surface area contributed by atoms with E-state index in [9.17, 15) is 19.2 Å². The fraction of sp³-hybridized carbons (Fsp3) is 0.258. The molecule has 4 aromatic rings. The number of hydrogen-bond donors (Lipinski definition) is 1. The molecule has 0 radical (unpaired) electrons. The highest BCUT2D eigenvalue weighted by Gasteiger charge is 2.27. The highest BCUT2D eigenvalue weighted by atomic mass is 32.2. The summed E-state index contributed by atoms with van der Waals surface area (Å²) in [6, 6.07) is 23.8. The van der Waals surface area contributed by atoms with Crippen LogP contribution in [0.25, 0.3) is 16.6 Å². The third-order valence-electron chi connectivity index (χ3n) is 7.30. The van der Waals surface area contributed by atoms with Gasteiger partial charge in [0.15, 0.2) is 5.16 Å². The largest absolute Gasteiger partial charge is 0.369 e. The smallest absolute Gasteiger partial charge is 0.266 e. The van der Waals surface area contributed by atoms with Gasteiger partial charge in [0.25, 0.3) is 11.5 Å². The summed E-state index contributed by atoms with van der Waals surface area (Å²) in [5, 5.41) is 0.733. The van der Waals surface area contributed by atoms with Gasteiger partial charge in [-0.05, 0) is 48.7 Å². The molecule has 3 aromatic carbocycles. The van der Waals surface area contributed by atoms with E-state index in [0.29, 0.717) is 59.8 Å². The highest BCUT2D eigenvalue weighted by molar-refractivity contribution is 7.99. The van der Waals surface area contributed by atoms with Gasteiger partial charge in [-0.1, -0.05) is 60.3 Å². The van der Waals surface area contributed by atoms with E-state index >= 15 is 0 Å². The number of nitrogens with zero attached hydrogens (tertiary/aromatic N) is 4. The maximum absolute atomic E-state index is 13.7. The Morgan fingerprint density at radius 2 is 1.63 bits per heavy atom. The van der Waals surface area contributed by atoms with Crippen LogP contribution >= 0.6 is 11.8 Å². The fourth-order valence-electron chi connectivity index (χ4n) is 4.93. The Morgan fingerprint density at radius 1 is 0.976 bits per heavy atom. The average Bonchev–Trinajstić information content (AvgIpc) is 3.00. The second-order valence-electron chi connectivity index (χ2n) is 10.1. The first-order chi connectivity index (χ1) is 19.8. The maximum atomic E-state index is 13.7. The number of nitrogens with two attached hydrogens (primary N) is 1. The minimum absolute atomic E-state index is 0.0849. The van der Waals surface area contributed by atoms with E-state index in [-0.39, 0.29) is 35.0 Å². The Bertz CT molecular complexity index is 1630. The normalized spacial score (nSPS) is 13.7. The van der Waals surface area contributed by atoms with E-state index in [0.717, 1.165) is 5.56 Å². The number of hydrogen-bond acceptors (Lipinski definition) is 6. The van der Waals surface area contributed by atoms with Crippen LogP contribution in [0.4, 0.5) is 0 Å². The number of carbonyl (C=O) groups is 3. The number of amides is 3. The molecule has 1 saturated heterocycles. The first-order valence-corrected chi connectivity index (χ1v) is 14.4. The van der Waals surface area contributed by atoms with Crippen LogP contribution in [0.15, 0.2) is 88.8 Å². The van der Waals surface area contributed by atoms with E-state index in [1.54, 1.807) is 35.0 Å².